The van der Waals surface area contributed by atoms with Gasteiger partial charge in [0.15, 0.2) is 0 Å². The smallest absolute Gasteiger partial charge is 0.326 e. The Morgan fingerprint density at radius 1 is 1.36 bits per heavy atom. The van der Waals surface area contributed by atoms with Gasteiger partial charge in [0.2, 0.25) is 5.91 Å². The average Bonchev–Trinajstić information content (AvgIpc) is 2.58. The molecule has 2 aromatic rings. The first-order valence-corrected chi connectivity index (χ1v) is 7.57. The molecule has 2 heterocycles. The molecule has 0 aliphatic rings. The van der Waals surface area contributed by atoms with Gasteiger partial charge in [-0.25, -0.2) is 9.78 Å². The van der Waals surface area contributed by atoms with Gasteiger partial charge in [0.25, 0.3) is 11.5 Å². The number of carbonyl (C=O) groups excluding carboxylic acids is 2. The van der Waals surface area contributed by atoms with Gasteiger partial charge in [-0.3, -0.25) is 18.8 Å². The zero-order valence-corrected chi connectivity index (χ0v) is 13.8. The summed E-state index contributed by atoms with van der Waals surface area (Å²) in [6, 6.07) is 3.77. The van der Waals surface area contributed by atoms with Crippen molar-refractivity contribution in [3.05, 3.63) is 46.5 Å². The predicted octanol–water partition coefficient (Wildman–Crippen LogP) is -0.254. The van der Waals surface area contributed by atoms with E-state index in [1.54, 1.807) is 18.2 Å². The highest BCUT2D eigenvalue weighted by Gasteiger charge is 2.28. The monoisotopic (exact) mass is 346 g/mol. The highest BCUT2D eigenvalue weighted by atomic mass is 16.4. The molecule has 0 saturated heterocycles. The molecule has 2 rings (SSSR count). The molecular formula is C16H18N4O5. The van der Waals surface area contributed by atoms with E-state index in [4.69, 9.17) is 0 Å². The van der Waals surface area contributed by atoms with Crippen LogP contribution in [-0.2, 0) is 9.59 Å². The third-order valence-corrected chi connectivity index (χ3v) is 3.66. The number of carbonyl (C=O) groups is 3. The first-order valence-electron chi connectivity index (χ1n) is 7.57. The molecule has 25 heavy (non-hydrogen) atoms. The summed E-state index contributed by atoms with van der Waals surface area (Å²) in [5, 5.41) is 11.7. The standard InChI is InChI=1S/C16H18N4O5/c1-10(16(24)25)19(8-6-17-11(2)21)14(22)12-9-18-13-5-3-4-7-20(13)15(12)23/h3-5,7,9-10H,6,8H2,1-2H3,(H,17,21)(H,24,25). The van der Waals surface area contributed by atoms with Crippen LogP contribution in [0.5, 0.6) is 0 Å². The summed E-state index contributed by atoms with van der Waals surface area (Å²) in [4.78, 5) is 52.6. The van der Waals surface area contributed by atoms with Crippen LogP contribution in [0.2, 0.25) is 0 Å². The van der Waals surface area contributed by atoms with Crippen LogP contribution in [0.25, 0.3) is 5.65 Å². The molecule has 9 nitrogen and oxygen atoms in total. The van der Waals surface area contributed by atoms with Crippen LogP contribution in [0.3, 0.4) is 0 Å². The lowest BCUT2D eigenvalue weighted by atomic mass is 10.2. The van der Waals surface area contributed by atoms with Crippen molar-refractivity contribution in [3.8, 4) is 0 Å². The lowest BCUT2D eigenvalue weighted by molar-refractivity contribution is -0.141. The van der Waals surface area contributed by atoms with E-state index in [0.717, 1.165) is 11.1 Å². The van der Waals surface area contributed by atoms with E-state index in [1.807, 2.05) is 0 Å². The second kappa shape index (κ2) is 7.56. The van der Waals surface area contributed by atoms with Crippen LogP contribution in [0.4, 0.5) is 0 Å². The summed E-state index contributed by atoms with van der Waals surface area (Å²) < 4.78 is 1.21. The molecule has 0 spiro atoms. The van der Waals surface area contributed by atoms with Gasteiger partial charge in [-0.2, -0.15) is 0 Å². The molecule has 1 atom stereocenters. The van der Waals surface area contributed by atoms with Crippen LogP contribution in [0.15, 0.2) is 35.4 Å². The molecule has 0 fully saturated rings. The van der Waals surface area contributed by atoms with Gasteiger partial charge in [-0.1, -0.05) is 6.07 Å². The summed E-state index contributed by atoms with van der Waals surface area (Å²) in [6.45, 7) is 2.66. The zero-order chi connectivity index (χ0) is 18.6. The molecule has 0 saturated carbocycles. The third-order valence-electron chi connectivity index (χ3n) is 3.66. The minimum absolute atomic E-state index is 0.0528. The predicted molar refractivity (Wildman–Crippen MR) is 88.3 cm³/mol. The Morgan fingerprint density at radius 2 is 2.08 bits per heavy atom. The number of fused-ring (bicyclic) bond motifs is 1. The number of nitrogens with one attached hydrogen (secondary N) is 1. The summed E-state index contributed by atoms with van der Waals surface area (Å²) in [5.74, 6) is -2.27. The normalized spacial score (nSPS) is 11.8. The fourth-order valence-corrected chi connectivity index (χ4v) is 2.28. The van der Waals surface area contributed by atoms with Crippen molar-refractivity contribution in [2.45, 2.75) is 19.9 Å². The van der Waals surface area contributed by atoms with Gasteiger partial charge in [0.1, 0.15) is 17.3 Å². The van der Waals surface area contributed by atoms with Crippen molar-refractivity contribution in [1.29, 1.82) is 0 Å². The highest BCUT2D eigenvalue weighted by Crippen LogP contribution is 2.06. The number of nitrogens with zero attached hydrogens (tertiary/aromatic N) is 3. The van der Waals surface area contributed by atoms with Crippen LogP contribution < -0.4 is 10.9 Å². The maximum Gasteiger partial charge on any atom is 0.326 e. The molecular weight excluding hydrogens is 328 g/mol. The van der Waals surface area contributed by atoms with E-state index >= 15 is 0 Å². The Kier molecular flexibility index (Phi) is 5.48. The van der Waals surface area contributed by atoms with E-state index in [9.17, 15) is 24.3 Å². The second-order valence-corrected chi connectivity index (χ2v) is 5.40. The summed E-state index contributed by atoms with van der Waals surface area (Å²) in [7, 11) is 0. The number of pyridine rings is 1. The van der Waals surface area contributed by atoms with Crippen molar-refractivity contribution in [3.63, 3.8) is 0 Å². The number of aliphatic carboxylic acids is 1. The molecule has 0 bridgehead atoms. The molecule has 132 valence electrons. The fourth-order valence-electron chi connectivity index (χ4n) is 2.28. The summed E-state index contributed by atoms with van der Waals surface area (Å²) >= 11 is 0. The lowest BCUT2D eigenvalue weighted by Gasteiger charge is -2.26. The number of rotatable bonds is 6. The quantitative estimate of drug-likeness (QED) is 0.744. The van der Waals surface area contributed by atoms with Crippen LogP contribution >= 0.6 is 0 Å². The van der Waals surface area contributed by atoms with Gasteiger partial charge < -0.3 is 15.3 Å². The largest absolute Gasteiger partial charge is 0.480 e. The second-order valence-electron chi connectivity index (χ2n) is 5.40. The van der Waals surface area contributed by atoms with E-state index in [2.05, 4.69) is 10.3 Å². The number of amides is 2. The molecule has 0 aliphatic carbocycles. The molecule has 2 aromatic heterocycles. The molecule has 2 N–H and O–H groups in total. The zero-order valence-electron chi connectivity index (χ0n) is 13.8. The van der Waals surface area contributed by atoms with Gasteiger partial charge in [-0.05, 0) is 19.1 Å². The molecule has 0 aromatic carbocycles. The summed E-state index contributed by atoms with van der Waals surface area (Å²) in [5.41, 5.74) is -0.447. The Morgan fingerprint density at radius 3 is 2.72 bits per heavy atom. The molecule has 1 unspecified atom stereocenters. The topological polar surface area (TPSA) is 121 Å². The average molecular weight is 346 g/mol. The van der Waals surface area contributed by atoms with Crippen molar-refractivity contribution in [2.24, 2.45) is 0 Å². The van der Waals surface area contributed by atoms with E-state index in [1.165, 1.54) is 24.4 Å². The first-order chi connectivity index (χ1) is 11.8. The van der Waals surface area contributed by atoms with E-state index in [-0.39, 0.29) is 24.6 Å². The maximum atomic E-state index is 12.7. The summed E-state index contributed by atoms with van der Waals surface area (Å²) in [6.07, 6.45) is 2.61. The van der Waals surface area contributed by atoms with Crippen molar-refractivity contribution >= 4 is 23.4 Å². The van der Waals surface area contributed by atoms with Crippen LogP contribution in [-0.4, -0.2) is 56.3 Å². The van der Waals surface area contributed by atoms with E-state index < -0.39 is 23.5 Å². The Bertz CT molecular complexity index is 876. The SMILES string of the molecule is CC(=O)NCCN(C(=O)c1cnc2ccccn2c1=O)C(C)C(=O)O. The number of hydrogen-bond acceptors (Lipinski definition) is 5. The Balaban J connectivity index is 2.38. The highest BCUT2D eigenvalue weighted by molar-refractivity contribution is 5.96. The molecule has 0 radical (unpaired) electrons. The third kappa shape index (κ3) is 4.00. The van der Waals surface area contributed by atoms with Gasteiger partial charge in [0, 0.05) is 32.4 Å². The van der Waals surface area contributed by atoms with Crippen LogP contribution in [0, 0.1) is 0 Å². The number of carboxylic acids is 1. The minimum atomic E-state index is -1.22. The molecule has 2 amide bonds. The number of carboxylic acid groups (broad SMARTS) is 1. The van der Waals surface area contributed by atoms with Gasteiger partial charge in [0.05, 0.1) is 0 Å². The van der Waals surface area contributed by atoms with Crippen molar-refractivity contribution in [1.82, 2.24) is 19.6 Å². The Labute approximate surface area is 142 Å². The van der Waals surface area contributed by atoms with Gasteiger partial charge in [-0.15, -0.1) is 0 Å². The number of aromatic nitrogens is 2. The van der Waals surface area contributed by atoms with Crippen molar-refractivity contribution in [2.75, 3.05) is 13.1 Å². The van der Waals surface area contributed by atoms with E-state index in [0.29, 0.717) is 5.65 Å². The minimum Gasteiger partial charge on any atom is -0.480 e. The molecule has 0 aliphatic heterocycles. The van der Waals surface area contributed by atoms with Crippen molar-refractivity contribution < 1.29 is 19.5 Å². The molecule has 9 heteroatoms. The number of hydrogen-bond donors (Lipinski definition) is 2. The lowest BCUT2D eigenvalue weighted by Crippen LogP contribution is -2.48. The van der Waals surface area contributed by atoms with Crippen LogP contribution in [0.1, 0.15) is 24.2 Å². The first kappa shape index (κ1) is 18.1. The van der Waals surface area contributed by atoms with Gasteiger partial charge >= 0.3 is 5.97 Å². The fraction of sp³-hybridized carbons (Fsp3) is 0.312. The maximum absolute atomic E-state index is 12.7. The Hall–Kier alpha value is -3.23.